The third-order valence-corrected chi connectivity index (χ3v) is 3.99. The van der Waals surface area contributed by atoms with Gasteiger partial charge in [-0.25, -0.2) is 13.1 Å². The first kappa shape index (κ1) is 15.1. The molecular weight excluding hydrogens is 272 g/mol. The molecule has 18 heavy (non-hydrogen) atoms. The number of nitrogens with one attached hydrogen (secondary N) is 2. The maximum Gasteiger partial charge on any atom is 0.242 e. The number of rotatable bonds is 6. The fourth-order valence-electron chi connectivity index (χ4n) is 1.45. The van der Waals surface area contributed by atoms with E-state index in [-0.39, 0.29) is 11.8 Å². The van der Waals surface area contributed by atoms with Gasteiger partial charge in [-0.2, -0.15) is 11.3 Å². The molecule has 0 fully saturated rings. The highest BCUT2D eigenvalue weighted by molar-refractivity contribution is 7.88. The summed E-state index contributed by atoms with van der Waals surface area (Å²) in [6.45, 7) is 3.76. The monoisotopic (exact) mass is 290 g/mol. The van der Waals surface area contributed by atoms with Crippen molar-refractivity contribution in [2.45, 2.75) is 26.3 Å². The number of anilines is 1. The Morgan fingerprint density at radius 2 is 2.17 bits per heavy atom. The van der Waals surface area contributed by atoms with Crippen LogP contribution in [-0.2, 0) is 14.8 Å². The lowest BCUT2D eigenvalue weighted by Crippen LogP contribution is -2.47. The van der Waals surface area contributed by atoms with Gasteiger partial charge in [0.05, 0.1) is 11.9 Å². The molecule has 5 nitrogen and oxygen atoms in total. The molecule has 0 aliphatic rings. The maximum absolute atomic E-state index is 12.1. The molecule has 0 aliphatic carbocycles. The summed E-state index contributed by atoms with van der Waals surface area (Å²) >= 11 is 1.47. The molecule has 0 spiro atoms. The number of sulfonamides is 1. The minimum absolute atomic E-state index is 0.0710. The zero-order valence-electron chi connectivity index (χ0n) is 10.6. The SMILES string of the molecule is CC[C@@H](C)[C@H](NS(C)(=O)=O)C(=O)Nc1ccsc1. The molecule has 2 N–H and O–H groups in total. The molecule has 1 aromatic rings. The fourth-order valence-corrected chi connectivity index (χ4v) is 2.84. The van der Waals surface area contributed by atoms with Crippen molar-refractivity contribution in [3.05, 3.63) is 16.8 Å². The lowest BCUT2D eigenvalue weighted by molar-refractivity contribution is -0.118. The van der Waals surface area contributed by atoms with Gasteiger partial charge in [-0.05, 0) is 17.4 Å². The molecule has 0 unspecified atom stereocenters. The third-order valence-electron chi connectivity index (χ3n) is 2.63. The van der Waals surface area contributed by atoms with Crippen LogP contribution >= 0.6 is 11.3 Å². The van der Waals surface area contributed by atoms with E-state index in [9.17, 15) is 13.2 Å². The van der Waals surface area contributed by atoms with Gasteiger partial charge >= 0.3 is 0 Å². The van der Waals surface area contributed by atoms with Gasteiger partial charge in [-0.15, -0.1) is 0 Å². The zero-order valence-corrected chi connectivity index (χ0v) is 12.3. The van der Waals surface area contributed by atoms with Gasteiger partial charge in [-0.3, -0.25) is 4.79 Å². The maximum atomic E-state index is 12.1. The van der Waals surface area contributed by atoms with Gasteiger partial charge in [0.25, 0.3) is 0 Å². The normalized spacial score (nSPS) is 15.1. The summed E-state index contributed by atoms with van der Waals surface area (Å²) in [5.74, 6) is -0.397. The van der Waals surface area contributed by atoms with Crippen LogP contribution in [0.25, 0.3) is 0 Å². The quantitative estimate of drug-likeness (QED) is 0.836. The molecule has 0 saturated carbocycles. The van der Waals surface area contributed by atoms with Gasteiger partial charge in [-0.1, -0.05) is 20.3 Å². The molecule has 0 radical (unpaired) electrons. The van der Waals surface area contributed by atoms with Crippen LogP contribution in [0, 0.1) is 5.92 Å². The molecule has 7 heteroatoms. The highest BCUT2D eigenvalue weighted by atomic mass is 32.2. The van der Waals surface area contributed by atoms with Crippen molar-refractivity contribution in [2.24, 2.45) is 5.92 Å². The molecule has 1 amide bonds. The van der Waals surface area contributed by atoms with Crippen molar-refractivity contribution in [3.8, 4) is 0 Å². The number of hydrogen-bond donors (Lipinski definition) is 2. The molecule has 2 atom stereocenters. The predicted octanol–water partition coefficient (Wildman–Crippen LogP) is 1.65. The second-order valence-corrected chi connectivity index (χ2v) is 6.81. The summed E-state index contributed by atoms with van der Waals surface area (Å²) in [4.78, 5) is 12.1. The highest BCUT2D eigenvalue weighted by Gasteiger charge is 2.27. The van der Waals surface area contributed by atoms with Crippen molar-refractivity contribution in [3.63, 3.8) is 0 Å². The van der Waals surface area contributed by atoms with Crippen molar-refractivity contribution >= 4 is 33.0 Å². The molecule has 1 rings (SSSR count). The first-order chi connectivity index (χ1) is 8.33. The minimum atomic E-state index is -3.41. The molecule has 0 aliphatic heterocycles. The number of hydrogen-bond acceptors (Lipinski definition) is 4. The van der Waals surface area contributed by atoms with Crippen molar-refractivity contribution in [2.75, 3.05) is 11.6 Å². The Balaban J connectivity index is 2.79. The van der Waals surface area contributed by atoms with E-state index in [2.05, 4.69) is 10.0 Å². The van der Waals surface area contributed by atoms with Crippen LogP contribution < -0.4 is 10.0 Å². The Labute approximate surface area is 112 Å². The highest BCUT2D eigenvalue weighted by Crippen LogP contribution is 2.15. The summed E-state index contributed by atoms with van der Waals surface area (Å²) < 4.78 is 24.9. The summed E-state index contributed by atoms with van der Waals surface area (Å²) in [5, 5.41) is 6.35. The van der Waals surface area contributed by atoms with Gasteiger partial charge in [0.2, 0.25) is 15.9 Å². The second-order valence-electron chi connectivity index (χ2n) is 4.25. The van der Waals surface area contributed by atoms with E-state index in [1.807, 2.05) is 19.2 Å². The van der Waals surface area contributed by atoms with E-state index >= 15 is 0 Å². The van der Waals surface area contributed by atoms with Gasteiger partial charge < -0.3 is 5.32 Å². The Morgan fingerprint density at radius 1 is 1.50 bits per heavy atom. The molecular formula is C11H18N2O3S2. The molecule has 102 valence electrons. The zero-order chi connectivity index (χ0) is 13.8. The van der Waals surface area contributed by atoms with Crippen LogP contribution in [0.1, 0.15) is 20.3 Å². The number of carbonyl (C=O) groups is 1. The first-order valence-corrected chi connectivity index (χ1v) is 8.47. The molecule has 0 saturated heterocycles. The molecule has 1 aromatic heterocycles. The van der Waals surface area contributed by atoms with Crippen LogP contribution in [0.4, 0.5) is 5.69 Å². The Bertz CT molecular complexity index is 482. The van der Waals surface area contributed by atoms with Crippen LogP contribution in [0.2, 0.25) is 0 Å². The van der Waals surface area contributed by atoms with Crippen molar-refractivity contribution < 1.29 is 13.2 Å². The van der Waals surface area contributed by atoms with E-state index in [4.69, 9.17) is 0 Å². The van der Waals surface area contributed by atoms with Gasteiger partial charge in [0.15, 0.2) is 0 Å². The van der Waals surface area contributed by atoms with E-state index in [1.54, 1.807) is 11.4 Å². The lowest BCUT2D eigenvalue weighted by Gasteiger charge is -2.22. The largest absolute Gasteiger partial charge is 0.324 e. The van der Waals surface area contributed by atoms with E-state index in [0.29, 0.717) is 12.1 Å². The third kappa shape index (κ3) is 4.75. The predicted molar refractivity (Wildman–Crippen MR) is 74.2 cm³/mol. The molecule has 0 aromatic carbocycles. The lowest BCUT2D eigenvalue weighted by atomic mass is 9.99. The molecule has 1 heterocycles. The van der Waals surface area contributed by atoms with E-state index in [0.717, 1.165) is 6.26 Å². The van der Waals surface area contributed by atoms with Crippen LogP contribution in [0.3, 0.4) is 0 Å². The van der Waals surface area contributed by atoms with E-state index in [1.165, 1.54) is 11.3 Å². The van der Waals surface area contributed by atoms with Crippen molar-refractivity contribution in [1.82, 2.24) is 4.72 Å². The summed E-state index contributed by atoms with van der Waals surface area (Å²) in [7, 11) is -3.41. The Hall–Kier alpha value is -0.920. The van der Waals surface area contributed by atoms with Crippen LogP contribution in [0.15, 0.2) is 16.8 Å². The Morgan fingerprint density at radius 3 is 2.61 bits per heavy atom. The summed E-state index contributed by atoms with van der Waals surface area (Å²) in [5.41, 5.74) is 0.689. The minimum Gasteiger partial charge on any atom is -0.324 e. The van der Waals surface area contributed by atoms with Gasteiger partial charge in [0, 0.05) is 5.38 Å². The smallest absolute Gasteiger partial charge is 0.242 e. The number of carbonyl (C=O) groups excluding carboxylic acids is 1. The van der Waals surface area contributed by atoms with E-state index < -0.39 is 16.1 Å². The summed E-state index contributed by atoms with van der Waals surface area (Å²) in [6, 6.07) is 1.03. The topological polar surface area (TPSA) is 75.3 Å². The molecule has 0 bridgehead atoms. The average Bonchev–Trinajstić information content (AvgIpc) is 2.76. The fraction of sp³-hybridized carbons (Fsp3) is 0.545. The Kier molecular flexibility index (Phi) is 5.30. The van der Waals surface area contributed by atoms with Crippen LogP contribution in [-0.4, -0.2) is 26.6 Å². The van der Waals surface area contributed by atoms with Gasteiger partial charge in [0.1, 0.15) is 6.04 Å². The van der Waals surface area contributed by atoms with Crippen molar-refractivity contribution in [1.29, 1.82) is 0 Å². The second kappa shape index (κ2) is 6.31. The average molecular weight is 290 g/mol. The standard InChI is InChI=1S/C11H18N2O3S2/c1-4-8(2)10(13-18(3,15)16)11(14)12-9-5-6-17-7-9/h5-8,10,13H,4H2,1-3H3,(H,12,14)/t8-,10+/m1/s1. The first-order valence-electron chi connectivity index (χ1n) is 5.64. The summed E-state index contributed by atoms with van der Waals surface area (Å²) in [6.07, 6.45) is 1.77. The number of amides is 1. The van der Waals surface area contributed by atoms with Crippen LogP contribution in [0.5, 0.6) is 0 Å². The number of thiophene rings is 1.